The fraction of sp³-hybridized carbons (Fsp3) is 0. The predicted octanol–water partition coefficient (Wildman–Crippen LogP) is 1.34. The zero-order valence-corrected chi connectivity index (χ0v) is 8.25. The van der Waals surface area contributed by atoms with Crippen LogP contribution in [0.4, 0.5) is 10.1 Å². The van der Waals surface area contributed by atoms with Gasteiger partial charge in [-0.05, 0) is 34.7 Å². The van der Waals surface area contributed by atoms with E-state index in [1.54, 1.807) is 6.07 Å². The van der Waals surface area contributed by atoms with Crippen LogP contribution in [-0.2, 0) is 0 Å². The van der Waals surface area contributed by atoms with Crippen LogP contribution < -0.4 is 11.5 Å². The van der Waals surface area contributed by atoms with Gasteiger partial charge in [0.05, 0.1) is 5.69 Å². The van der Waals surface area contributed by atoms with Crippen LogP contribution in [0, 0.1) is 9.39 Å². The first kappa shape index (κ1) is 9.24. The van der Waals surface area contributed by atoms with Gasteiger partial charge in [0.15, 0.2) is 5.96 Å². The van der Waals surface area contributed by atoms with E-state index in [4.69, 9.17) is 11.5 Å². The number of rotatable bonds is 1. The zero-order valence-electron chi connectivity index (χ0n) is 6.09. The number of hydrogen-bond donors (Lipinski definition) is 2. The Labute approximate surface area is 82.8 Å². The lowest BCUT2D eigenvalue weighted by Gasteiger charge is -1.98. The Kier molecular flexibility index (Phi) is 2.85. The topological polar surface area (TPSA) is 64.4 Å². The molecule has 1 aromatic rings. The third-order valence-corrected chi connectivity index (χ3v) is 2.07. The van der Waals surface area contributed by atoms with E-state index < -0.39 is 0 Å². The van der Waals surface area contributed by atoms with Gasteiger partial charge in [-0.15, -0.1) is 0 Å². The molecule has 0 unspecified atom stereocenters. The highest BCUT2D eigenvalue weighted by Crippen LogP contribution is 2.21. The van der Waals surface area contributed by atoms with E-state index in [1.165, 1.54) is 12.1 Å². The summed E-state index contributed by atoms with van der Waals surface area (Å²) in [4.78, 5) is 3.74. The summed E-state index contributed by atoms with van der Waals surface area (Å²) in [6.07, 6.45) is 0. The van der Waals surface area contributed by atoms with Gasteiger partial charge in [0.1, 0.15) is 5.82 Å². The Morgan fingerprint density at radius 3 is 2.67 bits per heavy atom. The minimum atomic E-state index is -0.351. The van der Waals surface area contributed by atoms with Crippen molar-refractivity contribution in [1.29, 1.82) is 0 Å². The van der Waals surface area contributed by atoms with Gasteiger partial charge in [-0.1, -0.05) is 0 Å². The number of guanidine groups is 1. The molecule has 1 aromatic carbocycles. The fourth-order valence-corrected chi connectivity index (χ4v) is 1.17. The molecule has 0 bridgehead atoms. The first-order chi connectivity index (χ1) is 5.59. The Bertz CT molecular complexity index is 320. The number of nitrogens with two attached hydrogens (primary N) is 2. The molecule has 0 atom stereocenters. The Morgan fingerprint density at radius 1 is 1.42 bits per heavy atom. The lowest BCUT2D eigenvalue weighted by Crippen LogP contribution is -2.22. The fourth-order valence-electron chi connectivity index (χ4n) is 0.711. The van der Waals surface area contributed by atoms with Crippen molar-refractivity contribution in [1.82, 2.24) is 0 Å². The average Bonchev–Trinajstić information content (AvgIpc) is 1.96. The van der Waals surface area contributed by atoms with E-state index in [1.807, 2.05) is 22.6 Å². The van der Waals surface area contributed by atoms with E-state index in [9.17, 15) is 4.39 Å². The van der Waals surface area contributed by atoms with Crippen LogP contribution in [0.1, 0.15) is 0 Å². The zero-order chi connectivity index (χ0) is 9.14. The van der Waals surface area contributed by atoms with Gasteiger partial charge in [-0.3, -0.25) is 0 Å². The summed E-state index contributed by atoms with van der Waals surface area (Å²) in [5.74, 6) is -0.422. The van der Waals surface area contributed by atoms with Gasteiger partial charge in [0, 0.05) is 9.64 Å². The second-order valence-electron chi connectivity index (χ2n) is 2.13. The van der Waals surface area contributed by atoms with E-state index in [2.05, 4.69) is 4.99 Å². The smallest absolute Gasteiger partial charge is 0.191 e. The van der Waals surface area contributed by atoms with Crippen LogP contribution in [0.2, 0.25) is 0 Å². The van der Waals surface area contributed by atoms with Crippen molar-refractivity contribution in [3.63, 3.8) is 0 Å². The molecule has 0 heterocycles. The van der Waals surface area contributed by atoms with Crippen molar-refractivity contribution < 1.29 is 4.39 Å². The number of nitrogens with zero attached hydrogens (tertiary/aromatic N) is 1. The van der Waals surface area contributed by atoms with Crippen molar-refractivity contribution in [2.45, 2.75) is 0 Å². The maximum Gasteiger partial charge on any atom is 0.191 e. The molecule has 0 radical (unpaired) electrons. The maximum atomic E-state index is 12.6. The third-order valence-electron chi connectivity index (χ3n) is 1.16. The van der Waals surface area contributed by atoms with Gasteiger partial charge < -0.3 is 11.5 Å². The van der Waals surface area contributed by atoms with Crippen molar-refractivity contribution in [3.8, 4) is 0 Å². The van der Waals surface area contributed by atoms with Crippen molar-refractivity contribution >= 4 is 34.2 Å². The van der Waals surface area contributed by atoms with Crippen LogP contribution in [0.5, 0.6) is 0 Å². The van der Waals surface area contributed by atoms with E-state index in [0.717, 1.165) is 3.57 Å². The first-order valence-corrected chi connectivity index (χ1v) is 4.22. The van der Waals surface area contributed by atoms with Crippen molar-refractivity contribution in [2.24, 2.45) is 16.5 Å². The van der Waals surface area contributed by atoms with Gasteiger partial charge in [0.25, 0.3) is 0 Å². The summed E-state index contributed by atoms with van der Waals surface area (Å²) < 4.78 is 13.5. The molecule has 0 saturated heterocycles. The van der Waals surface area contributed by atoms with Crippen LogP contribution in [0.25, 0.3) is 0 Å². The molecule has 0 aliphatic heterocycles. The molecule has 1 rings (SSSR count). The SMILES string of the molecule is NC(N)=Nc1cc(F)ccc1I. The molecule has 0 aliphatic rings. The van der Waals surface area contributed by atoms with Gasteiger partial charge >= 0.3 is 0 Å². The molecule has 5 heteroatoms. The molecular formula is C7H7FIN3. The molecule has 0 spiro atoms. The molecule has 0 saturated carbocycles. The minimum Gasteiger partial charge on any atom is -0.370 e. The molecule has 0 aromatic heterocycles. The van der Waals surface area contributed by atoms with Crippen molar-refractivity contribution in [3.05, 3.63) is 27.6 Å². The maximum absolute atomic E-state index is 12.6. The highest BCUT2D eigenvalue weighted by Gasteiger charge is 1.99. The van der Waals surface area contributed by atoms with Crippen LogP contribution in [-0.4, -0.2) is 5.96 Å². The predicted molar refractivity (Wildman–Crippen MR) is 54.6 cm³/mol. The Morgan fingerprint density at radius 2 is 2.08 bits per heavy atom. The van der Waals surface area contributed by atoms with Crippen LogP contribution >= 0.6 is 22.6 Å². The van der Waals surface area contributed by atoms with E-state index in [-0.39, 0.29) is 11.8 Å². The van der Waals surface area contributed by atoms with E-state index >= 15 is 0 Å². The second kappa shape index (κ2) is 3.70. The van der Waals surface area contributed by atoms with Crippen molar-refractivity contribution in [2.75, 3.05) is 0 Å². The van der Waals surface area contributed by atoms with Crippen LogP contribution in [0.15, 0.2) is 23.2 Å². The molecular weight excluding hydrogens is 272 g/mol. The summed E-state index contributed by atoms with van der Waals surface area (Å²) in [6.45, 7) is 0. The van der Waals surface area contributed by atoms with Crippen LogP contribution in [0.3, 0.4) is 0 Å². The highest BCUT2D eigenvalue weighted by molar-refractivity contribution is 14.1. The third kappa shape index (κ3) is 2.33. The first-order valence-electron chi connectivity index (χ1n) is 3.14. The summed E-state index contributed by atoms with van der Waals surface area (Å²) in [5, 5.41) is 0. The van der Waals surface area contributed by atoms with E-state index in [0.29, 0.717) is 5.69 Å². The molecule has 0 amide bonds. The number of hydrogen-bond acceptors (Lipinski definition) is 1. The standard InChI is InChI=1S/C7H7FIN3/c8-4-1-2-5(9)6(3-4)12-7(10)11/h1-3H,(H4,10,11,12). The average molecular weight is 279 g/mol. The Balaban J connectivity index is 3.14. The molecule has 0 fully saturated rings. The van der Waals surface area contributed by atoms with Gasteiger partial charge in [-0.25, -0.2) is 9.38 Å². The summed E-state index contributed by atoms with van der Waals surface area (Å²) in [6, 6.07) is 4.24. The molecule has 0 aliphatic carbocycles. The lowest BCUT2D eigenvalue weighted by molar-refractivity contribution is 0.628. The quantitative estimate of drug-likeness (QED) is 0.463. The minimum absolute atomic E-state index is 0.0708. The molecule has 4 N–H and O–H groups in total. The Hall–Kier alpha value is -0.850. The number of benzene rings is 1. The number of halogens is 2. The monoisotopic (exact) mass is 279 g/mol. The normalized spacial score (nSPS) is 9.50. The molecule has 64 valence electrons. The highest BCUT2D eigenvalue weighted by atomic mass is 127. The molecule has 12 heavy (non-hydrogen) atoms. The summed E-state index contributed by atoms with van der Waals surface area (Å²) >= 11 is 2.03. The second-order valence-corrected chi connectivity index (χ2v) is 3.29. The van der Waals surface area contributed by atoms with Gasteiger partial charge in [-0.2, -0.15) is 0 Å². The number of aliphatic imine (C=N–C) groups is 1. The summed E-state index contributed by atoms with van der Waals surface area (Å²) in [5.41, 5.74) is 10.7. The molecule has 3 nitrogen and oxygen atoms in total. The van der Waals surface area contributed by atoms with Gasteiger partial charge in [0.2, 0.25) is 0 Å². The lowest BCUT2D eigenvalue weighted by atomic mass is 10.3. The summed E-state index contributed by atoms with van der Waals surface area (Å²) in [7, 11) is 0. The largest absolute Gasteiger partial charge is 0.370 e.